The molecule has 4 rings (SSSR count). The Bertz CT molecular complexity index is 874. The summed E-state index contributed by atoms with van der Waals surface area (Å²) in [6.45, 7) is 2.34. The van der Waals surface area contributed by atoms with E-state index in [-0.39, 0.29) is 0 Å². The molecule has 1 atom stereocenters. The van der Waals surface area contributed by atoms with Crippen LogP contribution in [-0.4, -0.2) is 34.1 Å². The minimum Gasteiger partial charge on any atom is -0.467 e. The van der Waals surface area contributed by atoms with Crippen LogP contribution in [0, 0.1) is 0 Å². The maximum absolute atomic E-state index is 6.06. The van der Waals surface area contributed by atoms with Crippen molar-refractivity contribution in [2.45, 2.75) is 19.0 Å². The van der Waals surface area contributed by atoms with Crippen molar-refractivity contribution in [3.8, 4) is 0 Å². The van der Waals surface area contributed by atoms with Crippen LogP contribution in [-0.2, 0) is 6.54 Å². The van der Waals surface area contributed by atoms with Crippen molar-refractivity contribution in [3.63, 3.8) is 0 Å². The maximum atomic E-state index is 6.06. The highest BCUT2D eigenvalue weighted by molar-refractivity contribution is 14.1. The predicted molar refractivity (Wildman–Crippen MR) is 106 cm³/mol. The highest BCUT2D eigenvalue weighted by Gasteiger charge is 2.24. The Hall–Kier alpha value is -1.65. The zero-order chi connectivity index (χ0) is 17.2. The summed E-state index contributed by atoms with van der Waals surface area (Å²) in [6, 6.07) is 6.01. The van der Waals surface area contributed by atoms with Gasteiger partial charge in [0.1, 0.15) is 16.7 Å². The molecule has 1 aliphatic rings. The van der Waals surface area contributed by atoms with E-state index in [2.05, 4.69) is 46.6 Å². The van der Waals surface area contributed by atoms with Crippen molar-refractivity contribution in [2.24, 2.45) is 0 Å². The largest absolute Gasteiger partial charge is 0.467 e. The fourth-order valence-electron chi connectivity index (χ4n) is 2.89. The summed E-state index contributed by atoms with van der Waals surface area (Å²) in [4.78, 5) is 15.7. The first kappa shape index (κ1) is 16.8. The van der Waals surface area contributed by atoms with Gasteiger partial charge in [-0.05, 0) is 24.6 Å². The predicted octanol–water partition coefficient (Wildman–Crippen LogP) is 3.40. The normalized spacial score (nSPS) is 17.4. The van der Waals surface area contributed by atoms with E-state index < -0.39 is 0 Å². The fraction of sp³-hybridized carbons (Fsp3) is 0.312. The molecule has 1 fully saturated rings. The van der Waals surface area contributed by atoms with Gasteiger partial charge < -0.3 is 14.6 Å². The van der Waals surface area contributed by atoms with Crippen molar-refractivity contribution in [2.75, 3.05) is 23.3 Å². The summed E-state index contributed by atoms with van der Waals surface area (Å²) >= 11 is 8.26. The van der Waals surface area contributed by atoms with Gasteiger partial charge in [0, 0.05) is 47.4 Å². The summed E-state index contributed by atoms with van der Waals surface area (Å²) in [7, 11) is 0. The standard InChI is InChI=1S/C16H16ClIN6O/c17-14-6-12-13(8-19-14)21-16(24-4-3-10(9-24)23-18)22-15(12)20-7-11-2-1-5-25-11/h1-2,5-6,8,10,23H,3-4,7,9H2,(H,20,21,22). The van der Waals surface area contributed by atoms with Gasteiger partial charge in [0.25, 0.3) is 0 Å². The van der Waals surface area contributed by atoms with E-state index in [1.807, 2.05) is 12.1 Å². The van der Waals surface area contributed by atoms with Crippen LogP contribution in [0.3, 0.4) is 0 Å². The van der Waals surface area contributed by atoms with Crippen molar-refractivity contribution in [1.29, 1.82) is 0 Å². The molecule has 1 aliphatic heterocycles. The first-order valence-electron chi connectivity index (χ1n) is 7.93. The first-order valence-corrected chi connectivity index (χ1v) is 9.39. The van der Waals surface area contributed by atoms with E-state index in [0.29, 0.717) is 23.7 Å². The topological polar surface area (TPSA) is 79.1 Å². The van der Waals surface area contributed by atoms with Crippen LogP contribution in [0.5, 0.6) is 0 Å². The molecule has 0 saturated carbocycles. The van der Waals surface area contributed by atoms with Gasteiger partial charge in [-0.2, -0.15) is 4.98 Å². The highest BCUT2D eigenvalue weighted by Crippen LogP contribution is 2.27. The van der Waals surface area contributed by atoms with Crippen LogP contribution in [0.2, 0.25) is 5.15 Å². The molecular formula is C16H16ClIN6O. The van der Waals surface area contributed by atoms with Gasteiger partial charge in [-0.1, -0.05) is 11.6 Å². The van der Waals surface area contributed by atoms with Crippen LogP contribution in [0.4, 0.5) is 11.8 Å². The van der Waals surface area contributed by atoms with Crippen LogP contribution in [0.1, 0.15) is 12.2 Å². The molecule has 0 radical (unpaired) electrons. The molecule has 0 spiro atoms. The highest BCUT2D eigenvalue weighted by atomic mass is 127. The van der Waals surface area contributed by atoms with Gasteiger partial charge >= 0.3 is 0 Å². The molecule has 25 heavy (non-hydrogen) atoms. The van der Waals surface area contributed by atoms with Gasteiger partial charge in [0.2, 0.25) is 5.95 Å². The van der Waals surface area contributed by atoms with Crippen molar-refractivity contribution in [1.82, 2.24) is 18.5 Å². The number of nitrogens with zero attached hydrogens (tertiary/aromatic N) is 4. The van der Waals surface area contributed by atoms with Crippen molar-refractivity contribution < 1.29 is 4.42 Å². The van der Waals surface area contributed by atoms with E-state index in [0.717, 1.165) is 42.0 Å². The van der Waals surface area contributed by atoms with Crippen molar-refractivity contribution in [3.05, 3.63) is 41.6 Å². The Morgan fingerprint density at radius 3 is 3.08 bits per heavy atom. The Labute approximate surface area is 163 Å². The van der Waals surface area contributed by atoms with Crippen LogP contribution in [0.25, 0.3) is 10.9 Å². The van der Waals surface area contributed by atoms with E-state index >= 15 is 0 Å². The second kappa shape index (κ2) is 7.30. The number of fused-ring (bicyclic) bond motifs is 1. The number of furan rings is 1. The lowest BCUT2D eigenvalue weighted by molar-refractivity contribution is 0.518. The van der Waals surface area contributed by atoms with Crippen LogP contribution >= 0.6 is 34.5 Å². The SMILES string of the molecule is Clc1cc2c(NCc3ccco3)nc(N3CCC(NI)C3)nc2cn1. The van der Waals surface area contributed by atoms with E-state index in [4.69, 9.17) is 21.0 Å². The molecule has 2 N–H and O–H groups in total. The third kappa shape index (κ3) is 3.65. The zero-order valence-corrected chi connectivity index (χ0v) is 16.2. The van der Waals surface area contributed by atoms with Gasteiger partial charge in [0.15, 0.2) is 0 Å². The second-order valence-corrected chi connectivity index (χ2v) is 6.88. The molecule has 9 heteroatoms. The molecule has 3 aromatic rings. The second-order valence-electron chi connectivity index (χ2n) is 5.87. The van der Waals surface area contributed by atoms with Gasteiger partial charge in [-0.25, -0.2) is 9.97 Å². The Morgan fingerprint density at radius 2 is 2.32 bits per heavy atom. The van der Waals surface area contributed by atoms with E-state index in [9.17, 15) is 0 Å². The van der Waals surface area contributed by atoms with Gasteiger partial charge in [-0.15, -0.1) is 0 Å². The lowest BCUT2D eigenvalue weighted by Crippen LogP contribution is -2.27. The number of aromatic nitrogens is 3. The molecule has 0 amide bonds. The van der Waals surface area contributed by atoms with Crippen LogP contribution in [0.15, 0.2) is 35.1 Å². The molecule has 0 aromatic carbocycles. The number of halogens is 2. The maximum Gasteiger partial charge on any atom is 0.228 e. The summed E-state index contributed by atoms with van der Waals surface area (Å²) in [5.74, 6) is 2.27. The monoisotopic (exact) mass is 470 g/mol. The first-order chi connectivity index (χ1) is 12.2. The van der Waals surface area contributed by atoms with E-state index in [1.54, 1.807) is 18.5 Å². The number of anilines is 2. The molecule has 0 aliphatic carbocycles. The van der Waals surface area contributed by atoms with Crippen molar-refractivity contribution >= 4 is 57.1 Å². The number of hydrogen-bond donors (Lipinski definition) is 2. The zero-order valence-electron chi connectivity index (χ0n) is 13.2. The summed E-state index contributed by atoms with van der Waals surface area (Å²) in [5.41, 5.74) is 0.766. The quantitative estimate of drug-likeness (QED) is 0.336. The van der Waals surface area contributed by atoms with Crippen LogP contribution < -0.4 is 13.7 Å². The molecule has 1 saturated heterocycles. The molecule has 3 aromatic heterocycles. The molecule has 7 nitrogen and oxygen atoms in total. The molecule has 1 unspecified atom stereocenters. The summed E-state index contributed by atoms with van der Waals surface area (Å²) in [5, 5.41) is 4.59. The number of rotatable bonds is 5. The molecule has 4 heterocycles. The number of nitrogens with one attached hydrogen (secondary N) is 2. The summed E-state index contributed by atoms with van der Waals surface area (Å²) in [6.07, 6.45) is 4.41. The van der Waals surface area contributed by atoms with Gasteiger partial charge in [-0.3, -0.25) is 3.53 Å². The average molecular weight is 471 g/mol. The number of pyridine rings is 1. The molecule has 130 valence electrons. The number of hydrogen-bond acceptors (Lipinski definition) is 7. The molecule has 0 bridgehead atoms. The fourth-order valence-corrected chi connectivity index (χ4v) is 3.55. The van der Waals surface area contributed by atoms with Gasteiger partial charge in [0.05, 0.1) is 24.5 Å². The third-order valence-electron chi connectivity index (χ3n) is 4.17. The smallest absolute Gasteiger partial charge is 0.228 e. The lowest BCUT2D eigenvalue weighted by Gasteiger charge is -2.18. The average Bonchev–Trinajstić information content (AvgIpc) is 3.31. The molecular weight excluding hydrogens is 455 g/mol. The van der Waals surface area contributed by atoms with E-state index in [1.165, 1.54) is 0 Å². The summed E-state index contributed by atoms with van der Waals surface area (Å²) < 4.78 is 8.67. The Morgan fingerprint density at radius 1 is 1.40 bits per heavy atom. The third-order valence-corrected chi connectivity index (χ3v) is 5.26. The Balaban J connectivity index is 1.69. The Kier molecular flexibility index (Phi) is 4.91. The minimum atomic E-state index is 0.417. The minimum absolute atomic E-state index is 0.417. The lowest BCUT2D eigenvalue weighted by atomic mass is 10.3.